The number of aromatic nitrogens is 1. The summed E-state index contributed by atoms with van der Waals surface area (Å²) in [6, 6.07) is 12.6. The normalized spacial score (nSPS) is 11.1. The van der Waals surface area contributed by atoms with E-state index in [9.17, 15) is 14.3 Å². The van der Waals surface area contributed by atoms with Gasteiger partial charge < -0.3 is 5.11 Å². The number of nitrogens with zero attached hydrogens (tertiary/aromatic N) is 1. The SMILES string of the molecule is Cc1nc(-c2ccc(O)cc2)sc1C(=O)/C=C/c1ccc(F)cc1. The average molecular weight is 339 g/mol. The molecule has 3 rings (SSSR count). The van der Waals surface area contributed by atoms with Crippen LogP contribution in [0.4, 0.5) is 4.39 Å². The van der Waals surface area contributed by atoms with E-state index in [0.29, 0.717) is 10.6 Å². The number of ketones is 1. The molecular weight excluding hydrogens is 325 g/mol. The zero-order valence-electron chi connectivity index (χ0n) is 12.9. The topological polar surface area (TPSA) is 50.2 Å². The first-order valence-electron chi connectivity index (χ1n) is 7.28. The summed E-state index contributed by atoms with van der Waals surface area (Å²) in [6.07, 6.45) is 3.12. The molecule has 24 heavy (non-hydrogen) atoms. The van der Waals surface area contributed by atoms with E-state index in [-0.39, 0.29) is 17.3 Å². The Hall–Kier alpha value is -2.79. The Morgan fingerprint density at radius 3 is 2.46 bits per heavy atom. The van der Waals surface area contributed by atoms with Crippen LogP contribution < -0.4 is 0 Å². The molecule has 1 aromatic heterocycles. The van der Waals surface area contributed by atoms with Crippen LogP contribution >= 0.6 is 11.3 Å². The van der Waals surface area contributed by atoms with Gasteiger partial charge in [0.05, 0.1) is 10.6 Å². The Balaban J connectivity index is 1.82. The van der Waals surface area contributed by atoms with Gasteiger partial charge in [0.25, 0.3) is 0 Å². The lowest BCUT2D eigenvalue weighted by Gasteiger charge is -1.95. The summed E-state index contributed by atoms with van der Waals surface area (Å²) >= 11 is 1.31. The van der Waals surface area contributed by atoms with E-state index >= 15 is 0 Å². The van der Waals surface area contributed by atoms with E-state index in [4.69, 9.17) is 0 Å². The fourth-order valence-electron chi connectivity index (χ4n) is 2.17. The number of phenolic OH excluding ortho intramolecular Hbond substituents is 1. The Morgan fingerprint density at radius 1 is 1.12 bits per heavy atom. The number of benzene rings is 2. The molecule has 0 aliphatic carbocycles. The second kappa shape index (κ2) is 6.76. The van der Waals surface area contributed by atoms with Gasteiger partial charge in [-0.05, 0) is 55.0 Å². The fraction of sp³-hybridized carbons (Fsp3) is 0.0526. The molecule has 0 saturated carbocycles. The van der Waals surface area contributed by atoms with Crippen molar-refractivity contribution in [1.29, 1.82) is 0 Å². The Kier molecular flexibility index (Phi) is 4.53. The van der Waals surface area contributed by atoms with Gasteiger partial charge in [-0.3, -0.25) is 4.79 Å². The predicted octanol–water partition coefficient (Wildman–Crippen LogP) is 4.86. The molecule has 3 nitrogen and oxygen atoms in total. The Morgan fingerprint density at radius 2 is 1.79 bits per heavy atom. The van der Waals surface area contributed by atoms with E-state index in [1.807, 2.05) is 0 Å². The predicted molar refractivity (Wildman–Crippen MR) is 93.7 cm³/mol. The van der Waals surface area contributed by atoms with E-state index in [1.54, 1.807) is 49.4 Å². The standard InChI is InChI=1S/C19H14FNO2S/c1-12-18(17(23)11-4-13-2-7-15(20)8-3-13)24-19(21-12)14-5-9-16(22)10-6-14/h2-11,22H,1H3/b11-4+. The van der Waals surface area contributed by atoms with Crippen molar-refractivity contribution in [3.8, 4) is 16.3 Å². The number of aryl methyl sites for hydroxylation is 1. The molecule has 0 aliphatic rings. The van der Waals surface area contributed by atoms with Gasteiger partial charge in [0.2, 0.25) is 0 Å². The van der Waals surface area contributed by atoms with Gasteiger partial charge in [-0.25, -0.2) is 9.37 Å². The van der Waals surface area contributed by atoms with Gasteiger partial charge in [-0.2, -0.15) is 0 Å². The summed E-state index contributed by atoms with van der Waals surface area (Å²) in [5.74, 6) is -0.264. The highest BCUT2D eigenvalue weighted by molar-refractivity contribution is 7.17. The molecule has 0 saturated heterocycles. The largest absolute Gasteiger partial charge is 0.508 e. The van der Waals surface area contributed by atoms with Crippen molar-refractivity contribution >= 4 is 23.2 Å². The van der Waals surface area contributed by atoms with E-state index in [0.717, 1.165) is 16.1 Å². The number of phenols is 1. The maximum atomic E-state index is 12.9. The molecule has 0 unspecified atom stereocenters. The molecule has 0 atom stereocenters. The van der Waals surface area contributed by atoms with Crippen LogP contribution in [0, 0.1) is 12.7 Å². The van der Waals surface area contributed by atoms with E-state index in [2.05, 4.69) is 4.98 Å². The number of rotatable bonds is 4. The molecule has 0 fully saturated rings. The lowest BCUT2D eigenvalue weighted by molar-refractivity contribution is 0.105. The zero-order chi connectivity index (χ0) is 17.1. The van der Waals surface area contributed by atoms with Gasteiger partial charge in [0.1, 0.15) is 16.6 Å². The molecule has 3 aromatic rings. The molecule has 0 amide bonds. The highest BCUT2D eigenvalue weighted by atomic mass is 32.1. The summed E-state index contributed by atoms with van der Waals surface area (Å²) in [4.78, 5) is 17.4. The molecule has 0 radical (unpaired) electrons. The summed E-state index contributed by atoms with van der Waals surface area (Å²) < 4.78 is 12.9. The molecule has 0 spiro atoms. The maximum Gasteiger partial charge on any atom is 0.197 e. The minimum absolute atomic E-state index is 0.139. The smallest absolute Gasteiger partial charge is 0.197 e. The van der Waals surface area contributed by atoms with Crippen molar-refractivity contribution in [3.63, 3.8) is 0 Å². The average Bonchev–Trinajstić information content (AvgIpc) is 2.96. The van der Waals surface area contributed by atoms with Crippen LogP contribution in [0.1, 0.15) is 20.9 Å². The number of aromatic hydroxyl groups is 1. The van der Waals surface area contributed by atoms with Crippen LogP contribution in [0.3, 0.4) is 0 Å². The first-order chi connectivity index (χ1) is 11.5. The van der Waals surface area contributed by atoms with Crippen LogP contribution in [-0.4, -0.2) is 15.9 Å². The highest BCUT2D eigenvalue weighted by Gasteiger charge is 2.14. The second-order valence-electron chi connectivity index (χ2n) is 5.23. The third kappa shape index (κ3) is 3.58. The van der Waals surface area contributed by atoms with Crippen LogP contribution in [0.25, 0.3) is 16.6 Å². The fourth-order valence-corrected chi connectivity index (χ4v) is 3.17. The third-order valence-electron chi connectivity index (χ3n) is 3.43. The van der Waals surface area contributed by atoms with Crippen molar-refractivity contribution in [2.24, 2.45) is 0 Å². The quantitative estimate of drug-likeness (QED) is 0.545. The summed E-state index contributed by atoms with van der Waals surface area (Å²) in [6.45, 7) is 1.79. The number of carbonyl (C=O) groups excluding carboxylic acids is 1. The molecule has 0 bridgehead atoms. The molecule has 1 N–H and O–H groups in total. The van der Waals surface area contributed by atoms with Crippen LogP contribution in [-0.2, 0) is 0 Å². The van der Waals surface area contributed by atoms with Gasteiger partial charge in [0, 0.05) is 5.56 Å². The number of hydrogen-bond donors (Lipinski definition) is 1. The summed E-state index contributed by atoms with van der Waals surface area (Å²) in [5, 5.41) is 10.1. The van der Waals surface area contributed by atoms with E-state index in [1.165, 1.54) is 29.5 Å². The third-order valence-corrected chi connectivity index (χ3v) is 4.65. The second-order valence-corrected chi connectivity index (χ2v) is 6.23. The number of carbonyl (C=O) groups is 1. The molecule has 5 heteroatoms. The van der Waals surface area contributed by atoms with Gasteiger partial charge >= 0.3 is 0 Å². The lowest BCUT2D eigenvalue weighted by atomic mass is 10.2. The minimum Gasteiger partial charge on any atom is -0.508 e. The van der Waals surface area contributed by atoms with Gasteiger partial charge in [-0.15, -0.1) is 11.3 Å². The number of allylic oxidation sites excluding steroid dienone is 1. The van der Waals surface area contributed by atoms with Crippen LogP contribution in [0.5, 0.6) is 5.75 Å². The molecule has 1 heterocycles. The first kappa shape index (κ1) is 16.1. The van der Waals surface area contributed by atoms with Gasteiger partial charge in [0.15, 0.2) is 5.78 Å². The van der Waals surface area contributed by atoms with Crippen LogP contribution in [0.15, 0.2) is 54.6 Å². The van der Waals surface area contributed by atoms with Crippen LogP contribution in [0.2, 0.25) is 0 Å². The first-order valence-corrected chi connectivity index (χ1v) is 8.09. The molecular formula is C19H14FNO2S. The lowest BCUT2D eigenvalue weighted by Crippen LogP contribution is -1.93. The van der Waals surface area contributed by atoms with Crippen molar-refractivity contribution in [2.75, 3.05) is 0 Å². The number of halogens is 1. The van der Waals surface area contributed by atoms with Crippen molar-refractivity contribution < 1.29 is 14.3 Å². The minimum atomic E-state index is -0.310. The zero-order valence-corrected chi connectivity index (χ0v) is 13.7. The maximum absolute atomic E-state index is 12.9. The van der Waals surface area contributed by atoms with Gasteiger partial charge in [-0.1, -0.05) is 18.2 Å². The molecule has 2 aromatic carbocycles. The summed E-state index contributed by atoms with van der Waals surface area (Å²) in [7, 11) is 0. The van der Waals surface area contributed by atoms with Crippen molar-refractivity contribution in [2.45, 2.75) is 6.92 Å². The van der Waals surface area contributed by atoms with E-state index < -0.39 is 0 Å². The van der Waals surface area contributed by atoms with Crippen molar-refractivity contribution in [1.82, 2.24) is 4.98 Å². The number of hydrogen-bond acceptors (Lipinski definition) is 4. The monoisotopic (exact) mass is 339 g/mol. The van der Waals surface area contributed by atoms with Crippen molar-refractivity contribution in [3.05, 3.63) is 76.6 Å². The Labute approximate surface area is 142 Å². The Bertz CT molecular complexity index is 896. The molecule has 0 aliphatic heterocycles. The number of thiazole rings is 1. The highest BCUT2D eigenvalue weighted by Crippen LogP contribution is 2.29. The molecule has 120 valence electrons. The summed E-state index contributed by atoms with van der Waals surface area (Å²) in [5.41, 5.74) is 2.27.